The van der Waals surface area contributed by atoms with E-state index in [1.54, 1.807) is 0 Å². The molecule has 0 saturated heterocycles. The van der Waals surface area contributed by atoms with Crippen LogP contribution in [0.5, 0.6) is 11.5 Å². The van der Waals surface area contributed by atoms with Gasteiger partial charge in [0.15, 0.2) is 11.5 Å². The highest BCUT2D eigenvalue weighted by molar-refractivity contribution is 14.1. The van der Waals surface area contributed by atoms with Crippen LogP contribution in [0.3, 0.4) is 0 Å². The number of alkyl halides is 1. The summed E-state index contributed by atoms with van der Waals surface area (Å²) in [4.78, 5) is 0. The lowest BCUT2D eigenvalue weighted by molar-refractivity contribution is 0.171. The van der Waals surface area contributed by atoms with Gasteiger partial charge in [-0.1, -0.05) is 28.1 Å². The SMILES string of the molecule is ClC(c1cccc(I)c1)c1cc2c(cc1Br)OCCO2. The van der Waals surface area contributed by atoms with E-state index < -0.39 is 0 Å². The topological polar surface area (TPSA) is 18.5 Å². The van der Waals surface area contributed by atoms with Crippen LogP contribution >= 0.6 is 50.1 Å². The van der Waals surface area contributed by atoms with Gasteiger partial charge in [-0.2, -0.15) is 0 Å². The van der Waals surface area contributed by atoms with Gasteiger partial charge in [-0.3, -0.25) is 0 Å². The summed E-state index contributed by atoms with van der Waals surface area (Å²) in [7, 11) is 0. The summed E-state index contributed by atoms with van der Waals surface area (Å²) in [6, 6.07) is 12.1. The second kappa shape index (κ2) is 6.12. The highest BCUT2D eigenvalue weighted by Gasteiger charge is 2.20. The predicted octanol–water partition coefficient (Wildman–Crippen LogP) is 5.15. The van der Waals surface area contributed by atoms with Crippen LogP contribution in [0.4, 0.5) is 0 Å². The molecule has 1 aliphatic rings. The minimum absolute atomic E-state index is 0.227. The van der Waals surface area contributed by atoms with E-state index in [4.69, 9.17) is 21.1 Å². The van der Waals surface area contributed by atoms with Crippen molar-refractivity contribution in [2.75, 3.05) is 13.2 Å². The molecule has 1 unspecified atom stereocenters. The number of halogens is 3. The molecule has 2 aromatic rings. The molecule has 20 heavy (non-hydrogen) atoms. The van der Waals surface area contributed by atoms with Gasteiger partial charge in [0.05, 0.1) is 5.38 Å². The van der Waals surface area contributed by atoms with Gasteiger partial charge in [-0.05, 0) is 58.0 Å². The molecule has 104 valence electrons. The van der Waals surface area contributed by atoms with Crippen LogP contribution in [0, 0.1) is 3.57 Å². The average Bonchev–Trinajstić information content (AvgIpc) is 2.46. The Morgan fingerprint density at radius 3 is 2.50 bits per heavy atom. The minimum atomic E-state index is -0.227. The number of benzene rings is 2. The maximum atomic E-state index is 6.62. The fourth-order valence-electron chi connectivity index (χ4n) is 2.12. The maximum absolute atomic E-state index is 6.62. The zero-order valence-corrected chi connectivity index (χ0v) is 14.9. The summed E-state index contributed by atoms with van der Waals surface area (Å²) >= 11 is 12.5. The molecule has 2 nitrogen and oxygen atoms in total. The molecule has 0 aliphatic carbocycles. The maximum Gasteiger partial charge on any atom is 0.162 e. The first kappa shape index (κ1) is 14.5. The van der Waals surface area contributed by atoms with Crippen LogP contribution in [0.1, 0.15) is 16.5 Å². The van der Waals surface area contributed by atoms with Crippen molar-refractivity contribution in [1.82, 2.24) is 0 Å². The standard InChI is InChI=1S/C15H11BrClIO2/c16-12-8-14-13(19-4-5-20-14)7-11(12)15(17)9-2-1-3-10(18)6-9/h1-3,6-8,15H,4-5H2. The zero-order chi connectivity index (χ0) is 14.1. The van der Waals surface area contributed by atoms with E-state index in [1.165, 1.54) is 3.57 Å². The Labute approximate surface area is 144 Å². The number of hydrogen-bond acceptors (Lipinski definition) is 2. The third kappa shape index (κ3) is 2.92. The van der Waals surface area contributed by atoms with E-state index in [0.717, 1.165) is 27.1 Å². The summed E-state index contributed by atoms with van der Waals surface area (Å²) in [5, 5.41) is -0.227. The van der Waals surface area contributed by atoms with Crippen LogP contribution < -0.4 is 9.47 Å². The molecule has 0 N–H and O–H groups in total. The number of hydrogen-bond donors (Lipinski definition) is 0. The molecule has 0 spiro atoms. The van der Waals surface area contributed by atoms with Crippen LogP contribution in [0.15, 0.2) is 40.9 Å². The fourth-order valence-corrected chi connectivity index (χ4v) is 3.68. The first-order chi connectivity index (χ1) is 9.65. The Kier molecular flexibility index (Phi) is 4.43. The summed E-state index contributed by atoms with van der Waals surface area (Å²) in [6.45, 7) is 1.16. The van der Waals surface area contributed by atoms with Gasteiger partial charge < -0.3 is 9.47 Å². The molecule has 0 saturated carbocycles. The van der Waals surface area contributed by atoms with E-state index in [-0.39, 0.29) is 5.38 Å². The van der Waals surface area contributed by atoms with Crippen molar-refractivity contribution in [2.45, 2.75) is 5.38 Å². The minimum Gasteiger partial charge on any atom is -0.486 e. The molecule has 1 heterocycles. The van der Waals surface area contributed by atoms with Crippen LogP contribution in [-0.4, -0.2) is 13.2 Å². The second-order valence-electron chi connectivity index (χ2n) is 4.43. The zero-order valence-electron chi connectivity index (χ0n) is 10.4. The predicted molar refractivity (Wildman–Crippen MR) is 92.0 cm³/mol. The summed E-state index contributed by atoms with van der Waals surface area (Å²) < 4.78 is 13.3. The Balaban J connectivity index is 2.01. The first-order valence-corrected chi connectivity index (χ1v) is 8.44. The van der Waals surface area contributed by atoms with Crippen molar-refractivity contribution in [3.05, 3.63) is 55.6 Å². The normalized spacial score (nSPS) is 14.9. The largest absolute Gasteiger partial charge is 0.486 e. The smallest absolute Gasteiger partial charge is 0.162 e. The van der Waals surface area contributed by atoms with Gasteiger partial charge in [0.2, 0.25) is 0 Å². The van der Waals surface area contributed by atoms with Crippen molar-refractivity contribution >= 4 is 50.1 Å². The van der Waals surface area contributed by atoms with Crippen molar-refractivity contribution in [1.29, 1.82) is 0 Å². The third-order valence-electron chi connectivity index (χ3n) is 3.08. The number of fused-ring (bicyclic) bond motifs is 1. The van der Waals surface area contributed by atoms with Gasteiger partial charge in [-0.25, -0.2) is 0 Å². The molecule has 2 aromatic carbocycles. The van der Waals surface area contributed by atoms with Gasteiger partial charge in [0.25, 0.3) is 0 Å². The van der Waals surface area contributed by atoms with Gasteiger partial charge in [0, 0.05) is 8.04 Å². The Morgan fingerprint density at radius 2 is 1.80 bits per heavy atom. The van der Waals surface area contributed by atoms with E-state index in [9.17, 15) is 0 Å². The molecule has 0 aromatic heterocycles. The second-order valence-corrected chi connectivity index (χ2v) is 6.97. The summed E-state index contributed by atoms with van der Waals surface area (Å²) in [5.74, 6) is 1.52. The average molecular weight is 466 g/mol. The fraction of sp³-hybridized carbons (Fsp3) is 0.200. The lowest BCUT2D eigenvalue weighted by atomic mass is 10.0. The molecule has 3 rings (SSSR count). The Hall–Kier alpha value is -0.460. The van der Waals surface area contributed by atoms with Crippen LogP contribution in [0.2, 0.25) is 0 Å². The van der Waals surface area contributed by atoms with Crippen molar-refractivity contribution in [2.24, 2.45) is 0 Å². The monoisotopic (exact) mass is 464 g/mol. The summed E-state index contributed by atoms with van der Waals surface area (Å²) in [6.07, 6.45) is 0. The highest BCUT2D eigenvalue weighted by Crippen LogP contribution is 2.41. The molecule has 0 fully saturated rings. The molecule has 5 heteroatoms. The van der Waals surface area contributed by atoms with Gasteiger partial charge >= 0.3 is 0 Å². The van der Waals surface area contributed by atoms with Crippen molar-refractivity contribution < 1.29 is 9.47 Å². The number of ether oxygens (including phenoxy) is 2. The Morgan fingerprint density at radius 1 is 1.10 bits per heavy atom. The molecule has 0 amide bonds. The first-order valence-electron chi connectivity index (χ1n) is 6.14. The summed E-state index contributed by atoms with van der Waals surface area (Å²) in [5.41, 5.74) is 2.05. The lowest BCUT2D eigenvalue weighted by Crippen LogP contribution is -2.15. The molecule has 1 atom stereocenters. The molecular formula is C15H11BrClIO2. The number of rotatable bonds is 2. The Bertz CT molecular complexity index is 648. The molecule has 0 radical (unpaired) electrons. The van der Waals surface area contributed by atoms with E-state index in [1.807, 2.05) is 30.3 Å². The van der Waals surface area contributed by atoms with Crippen molar-refractivity contribution in [3.63, 3.8) is 0 Å². The van der Waals surface area contributed by atoms with Crippen LogP contribution in [-0.2, 0) is 0 Å². The van der Waals surface area contributed by atoms with E-state index in [2.05, 4.69) is 44.6 Å². The van der Waals surface area contributed by atoms with Crippen molar-refractivity contribution in [3.8, 4) is 11.5 Å². The molecule has 1 aliphatic heterocycles. The molecular weight excluding hydrogens is 454 g/mol. The third-order valence-corrected chi connectivity index (χ3v) is 4.92. The highest BCUT2D eigenvalue weighted by atomic mass is 127. The van der Waals surface area contributed by atoms with Gasteiger partial charge in [0.1, 0.15) is 13.2 Å². The quantitative estimate of drug-likeness (QED) is 0.451. The van der Waals surface area contributed by atoms with Gasteiger partial charge in [-0.15, -0.1) is 11.6 Å². The van der Waals surface area contributed by atoms with E-state index >= 15 is 0 Å². The van der Waals surface area contributed by atoms with E-state index in [0.29, 0.717) is 13.2 Å². The van der Waals surface area contributed by atoms with Crippen LogP contribution in [0.25, 0.3) is 0 Å². The molecule has 0 bridgehead atoms. The lowest BCUT2D eigenvalue weighted by Gasteiger charge is -2.21.